The molecule has 1 N–H and O–H groups in total. The van der Waals surface area contributed by atoms with Crippen molar-refractivity contribution in [2.75, 3.05) is 14.2 Å². The van der Waals surface area contributed by atoms with E-state index in [-0.39, 0.29) is 11.9 Å². The summed E-state index contributed by atoms with van der Waals surface area (Å²) in [5.74, 6) is -0.177. The molecule has 6 heteroatoms. The fourth-order valence-corrected chi connectivity index (χ4v) is 2.23. The van der Waals surface area contributed by atoms with Crippen LogP contribution in [0.1, 0.15) is 16.6 Å². The van der Waals surface area contributed by atoms with Crippen LogP contribution in [-0.2, 0) is 9.47 Å². The number of methoxy groups -OCH3 is 2. The minimum absolute atomic E-state index is 0.177. The van der Waals surface area contributed by atoms with Gasteiger partial charge in [-0.1, -0.05) is 11.6 Å². The van der Waals surface area contributed by atoms with E-state index in [1.54, 1.807) is 12.1 Å². The van der Waals surface area contributed by atoms with E-state index in [1.807, 2.05) is 6.92 Å². The lowest BCUT2D eigenvalue weighted by Crippen LogP contribution is -2.42. The maximum Gasteiger partial charge on any atom is 0.261 e. The van der Waals surface area contributed by atoms with E-state index in [2.05, 4.69) is 5.32 Å². The Kier molecular flexibility index (Phi) is 5.21. The summed E-state index contributed by atoms with van der Waals surface area (Å²) in [6.45, 7) is 1.81. The van der Waals surface area contributed by atoms with Crippen molar-refractivity contribution in [3.05, 3.63) is 21.3 Å². The van der Waals surface area contributed by atoms with Gasteiger partial charge < -0.3 is 14.8 Å². The fraction of sp³-hybridized carbons (Fsp3) is 0.500. The zero-order chi connectivity index (χ0) is 12.1. The third-order valence-electron chi connectivity index (χ3n) is 2.03. The van der Waals surface area contributed by atoms with Gasteiger partial charge in [-0.2, -0.15) is 0 Å². The monoisotopic (exact) mass is 263 g/mol. The van der Waals surface area contributed by atoms with Crippen LogP contribution in [0, 0.1) is 0 Å². The predicted molar refractivity (Wildman–Crippen MR) is 64.1 cm³/mol. The standard InChI is InChI=1S/C10H14ClNO3S/c1-6(10(14-2)15-3)12-9(13)7-4-5-8(11)16-7/h4-6,10H,1-3H3,(H,12,13). The van der Waals surface area contributed by atoms with E-state index in [0.717, 1.165) is 0 Å². The largest absolute Gasteiger partial charge is 0.354 e. The van der Waals surface area contributed by atoms with Crippen LogP contribution in [0.4, 0.5) is 0 Å². The minimum atomic E-state index is -0.459. The van der Waals surface area contributed by atoms with Crippen LogP contribution >= 0.6 is 22.9 Å². The zero-order valence-corrected chi connectivity index (χ0v) is 10.9. The highest BCUT2D eigenvalue weighted by Gasteiger charge is 2.19. The van der Waals surface area contributed by atoms with Crippen molar-refractivity contribution in [1.29, 1.82) is 0 Å². The first kappa shape index (κ1) is 13.4. The van der Waals surface area contributed by atoms with Crippen LogP contribution in [-0.4, -0.2) is 32.5 Å². The molecule has 0 bridgehead atoms. The molecule has 1 amide bonds. The molecule has 0 spiro atoms. The normalized spacial score (nSPS) is 12.8. The van der Waals surface area contributed by atoms with Crippen molar-refractivity contribution in [3.63, 3.8) is 0 Å². The van der Waals surface area contributed by atoms with E-state index >= 15 is 0 Å². The Morgan fingerprint density at radius 1 is 1.44 bits per heavy atom. The second kappa shape index (κ2) is 6.20. The van der Waals surface area contributed by atoms with Crippen molar-refractivity contribution in [1.82, 2.24) is 5.32 Å². The Bertz CT molecular complexity index is 352. The average molecular weight is 264 g/mol. The summed E-state index contributed by atoms with van der Waals surface area (Å²) < 4.78 is 10.7. The smallest absolute Gasteiger partial charge is 0.261 e. The molecule has 1 unspecified atom stereocenters. The SMILES string of the molecule is COC(OC)C(C)NC(=O)c1ccc(Cl)s1. The number of thiophene rings is 1. The Morgan fingerprint density at radius 2 is 2.06 bits per heavy atom. The summed E-state index contributed by atoms with van der Waals surface area (Å²) in [6.07, 6.45) is -0.459. The van der Waals surface area contributed by atoms with E-state index < -0.39 is 6.29 Å². The molecule has 4 nitrogen and oxygen atoms in total. The number of carbonyl (C=O) groups is 1. The molecule has 0 aromatic carbocycles. The highest BCUT2D eigenvalue weighted by atomic mass is 35.5. The van der Waals surface area contributed by atoms with E-state index in [4.69, 9.17) is 21.1 Å². The van der Waals surface area contributed by atoms with E-state index in [0.29, 0.717) is 9.21 Å². The van der Waals surface area contributed by atoms with Crippen LogP contribution < -0.4 is 5.32 Å². The Labute approximate surface area is 104 Å². The van der Waals surface area contributed by atoms with Crippen molar-refractivity contribution < 1.29 is 14.3 Å². The van der Waals surface area contributed by atoms with Gasteiger partial charge in [-0.25, -0.2) is 0 Å². The fourth-order valence-electron chi connectivity index (χ4n) is 1.29. The molecule has 0 aliphatic rings. The highest BCUT2D eigenvalue weighted by molar-refractivity contribution is 7.17. The predicted octanol–water partition coefficient (Wildman–Crippen LogP) is 2.14. The first-order chi connectivity index (χ1) is 7.58. The number of carbonyl (C=O) groups excluding carboxylic acids is 1. The van der Waals surface area contributed by atoms with Gasteiger partial charge in [-0.15, -0.1) is 11.3 Å². The van der Waals surface area contributed by atoms with Gasteiger partial charge in [-0.3, -0.25) is 4.79 Å². The van der Waals surface area contributed by atoms with Gasteiger partial charge >= 0.3 is 0 Å². The van der Waals surface area contributed by atoms with E-state index in [9.17, 15) is 4.79 Å². The average Bonchev–Trinajstić information content (AvgIpc) is 2.66. The molecule has 0 fully saturated rings. The summed E-state index contributed by atoms with van der Waals surface area (Å²) >= 11 is 6.98. The second-order valence-corrected chi connectivity index (χ2v) is 4.92. The van der Waals surface area contributed by atoms with E-state index in [1.165, 1.54) is 25.6 Å². The van der Waals surface area contributed by atoms with Crippen molar-refractivity contribution in [2.24, 2.45) is 0 Å². The number of rotatable bonds is 5. The molecule has 0 aliphatic heterocycles. The molecular formula is C10H14ClNO3S. The van der Waals surface area contributed by atoms with Crippen LogP contribution in [0.15, 0.2) is 12.1 Å². The van der Waals surface area contributed by atoms with Crippen molar-refractivity contribution in [3.8, 4) is 0 Å². The van der Waals surface area contributed by atoms with Gasteiger partial charge in [0.1, 0.15) is 0 Å². The van der Waals surface area contributed by atoms with Gasteiger partial charge in [0.05, 0.1) is 15.3 Å². The Morgan fingerprint density at radius 3 is 2.50 bits per heavy atom. The lowest BCUT2D eigenvalue weighted by Gasteiger charge is -2.21. The summed E-state index contributed by atoms with van der Waals surface area (Å²) in [7, 11) is 3.05. The molecular weight excluding hydrogens is 250 g/mol. The summed E-state index contributed by atoms with van der Waals surface area (Å²) in [6, 6.07) is 3.14. The van der Waals surface area contributed by atoms with Gasteiger partial charge in [0.25, 0.3) is 5.91 Å². The van der Waals surface area contributed by atoms with Gasteiger partial charge in [0.2, 0.25) is 0 Å². The number of halogens is 1. The Balaban J connectivity index is 2.57. The van der Waals surface area contributed by atoms with Crippen molar-refractivity contribution >= 4 is 28.8 Å². The summed E-state index contributed by atoms with van der Waals surface area (Å²) in [5, 5.41) is 2.77. The maximum atomic E-state index is 11.7. The van der Waals surface area contributed by atoms with Crippen LogP contribution in [0.5, 0.6) is 0 Å². The molecule has 1 aromatic heterocycles. The molecule has 0 radical (unpaired) electrons. The summed E-state index contributed by atoms with van der Waals surface area (Å²) in [4.78, 5) is 12.3. The zero-order valence-electron chi connectivity index (χ0n) is 9.32. The van der Waals surface area contributed by atoms with Gasteiger partial charge in [-0.05, 0) is 19.1 Å². The first-order valence-corrected chi connectivity index (χ1v) is 5.89. The molecule has 1 aromatic rings. The molecule has 16 heavy (non-hydrogen) atoms. The number of hydrogen-bond acceptors (Lipinski definition) is 4. The lowest BCUT2D eigenvalue weighted by atomic mass is 10.3. The second-order valence-electron chi connectivity index (χ2n) is 3.21. The molecule has 1 atom stereocenters. The Hall–Kier alpha value is -0.620. The third kappa shape index (κ3) is 3.45. The van der Waals surface area contributed by atoms with Gasteiger partial charge in [0.15, 0.2) is 6.29 Å². The quantitative estimate of drug-likeness (QED) is 0.828. The number of amides is 1. The van der Waals surface area contributed by atoms with Crippen LogP contribution in [0.25, 0.3) is 0 Å². The first-order valence-electron chi connectivity index (χ1n) is 4.70. The molecule has 1 rings (SSSR count). The molecule has 1 heterocycles. The summed E-state index contributed by atoms with van der Waals surface area (Å²) in [5.41, 5.74) is 0. The van der Waals surface area contributed by atoms with Crippen LogP contribution in [0.3, 0.4) is 0 Å². The molecule has 0 saturated carbocycles. The molecule has 0 saturated heterocycles. The van der Waals surface area contributed by atoms with Crippen LogP contribution in [0.2, 0.25) is 4.34 Å². The number of hydrogen-bond donors (Lipinski definition) is 1. The topological polar surface area (TPSA) is 47.6 Å². The maximum absolute atomic E-state index is 11.7. The van der Waals surface area contributed by atoms with Crippen molar-refractivity contribution in [2.45, 2.75) is 19.3 Å². The number of ether oxygens (including phenoxy) is 2. The molecule has 0 aliphatic carbocycles. The lowest BCUT2D eigenvalue weighted by molar-refractivity contribution is -0.117. The molecule has 90 valence electrons. The number of nitrogens with one attached hydrogen (secondary N) is 1. The van der Waals surface area contributed by atoms with Gasteiger partial charge in [0, 0.05) is 14.2 Å². The minimum Gasteiger partial charge on any atom is -0.354 e. The third-order valence-corrected chi connectivity index (χ3v) is 3.26. The highest BCUT2D eigenvalue weighted by Crippen LogP contribution is 2.21.